The number of nitrogens with one attached hydrogen (secondary N) is 1. The fourth-order valence-electron chi connectivity index (χ4n) is 1.19. The molecule has 1 aromatic rings. The Kier molecular flexibility index (Phi) is 11.5. The fourth-order valence-corrected chi connectivity index (χ4v) is 1.19. The van der Waals surface area contributed by atoms with Crippen LogP contribution in [-0.2, 0) is 9.59 Å². The molecule has 0 aliphatic carbocycles. The number of aliphatic carboxylic acids is 2. The van der Waals surface area contributed by atoms with Crippen LogP contribution in [0.2, 0.25) is 0 Å². The minimum Gasteiger partial charge on any atom is -0.550 e. The first kappa shape index (κ1) is 20.9. The van der Waals surface area contributed by atoms with Crippen molar-refractivity contribution in [3.05, 3.63) is 35.9 Å². The van der Waals surface area contributed by atoms with Crippen LogP contribution in [0.1, 0.15) is 16.8 Å². The maximum absolute atomic E-state index is 11.5. The van der Waals surface area contributed by atoms with Gasteiger partial charge in [0.05, 0.1) is 12.0 Å². The molecule has 0 aliphatic rings. The summed E-state index contributed by atoms with van der Waals surface area (Å²) in [6.07, 6.45) is -0.832. The van der Waals surface area contributed by atoms with Crippen LogP contribution in [0, 0.1) is 0 Å². The van der Waals surface area contributed by atoms with Gasteiger partial charge in [0, 0.05) is 18.0 Å². The van der Waals surface area contributed by atoms with Crippen LogP contribution >= 0.6 is 0 Å². The topological polar surface area (TPSA) is 109 Å². The van der Waals surface area contributed by atoms with Gasteiger partial charge in [-0.2, -0.15) is 0 Å². The number of rotatable bonds is 5. The Hall–Kier alpha value is -0.370. The number of hydrogen-bond donors (Lipinski definition) is 1. The Labute approximate surface area is 154 Å². The molecule has 0 aliphatic heterocycles. The maximum Gasteiger partial charge on any atom is 1.00 e. The predicted molar refractivity (Wildman–Crippen MR) is 52.3 cm³/mol. The molecule has 1 atom stereocenters. The molecule has 0 heterocycles. The van der Waals surface area contributed by atoms with E-state index in [-0.39, 0.29) is 64.7 Å². The van der Waals surface area contributed by atoms with Gasteiger partial charge < -0.3 is 25.1 Å². The van der Waals surface area contributed by atoms with Gasteiger partial charge in [0.15, 0.2) is 0 Å². The second kappa shape index (κ2) is 10.4. The Morgan fingerprint density at radius 1 is 1.05 bits per heavy atom. The standard InChI is InChI=1S/C11H11NO5.2Na/c13-9(14)6-8(11(16)17)12-10(15)7-4-2-1-3-5-7;;/h1-5,8H,6H2,(H,12,15)(H,13,14)(H,16,17);;/q;2*+1/p-2/t8-;;/m0../s1. The van der Waals surface area contributed by atoms with Crippen molar-refractivity contribution in [1.29, 1.82) is 0 Å². The molecule has 0 fully saturated rings. The molecule has 0 saturated heterocycles. The van der Waals surface area contributed by atoms with E-state index in [4.69, 9.17) is 0 Å². The maximum atomic E-state index is 11.5. The van der Waals surface area contributed by atoms with Crippen molar-refractivity contribution >= 4 is 17.8 Å². The number of carboxylic acids is 2. The van der Waals surface area contributed by atoms with E-state index in [0.717, 1.165) is 0 Å². The largest absolute Gasteiger partial charge is 1.00 e. The van der Waals surface area contributed by atoms with E-state index in [0.29, 0.717) is 0 Å². The van der Waals surface area contributed by atoms with Crippen LogP contribution in [0.4, 0.5) is 0 Å². The second-order valence-electron chi connectivity index (χ2n) is 3.29. The van der Waals surface area contributed by atoms with Gasteiger partial charge in [-0.1, -0.05) is 18.2 Å². The molecule has 19 heavy (non-hydrogen) atoms. The Balaban J connectivity index is 0. The number of carboxylic acid groups (broad SMARTS) is 2. The van der Waals surface area contributed by atoms with Crippen molar-refractivity contribution in [3.63, 3.8) is 0 Å². The van der Waals surface area contributed by atoms with Crippen molar-refractivity contribution in [2.24, 2.45) is 0 Å². The third-order valence-corrected chi connectivity index (χ3v) is 2.00. The third-order valence-electron chi connectivity index (χ3n) is 2.00. The van der Waals surface area contributed by atoms with E-state index in [1.807, 2.05) is 5.32 Å². The van der Waals surface area contributed by atoms with Gasteiger partial charge in [-0.3, -0.25) is 4.79 Å². The summed E-state index contributed by atoms with van der Waals surface area (Å²) in [6.45, 7) is 0. The summed E-state index contributed by atoms with van der Waals surface area (Å²) < 4.78 is 0. The number of hydrogen-bond acceptors (Lipinski definition) is 5. The molecule has 0 spiro atoms. The monoisotopic (exact) mass is 281 g/mol. The number of benzene rings is 1. The molecule has 0 aromatic heterocycles. The summed E-state index contributed by atoms with van der Waals surface area (Å²) in [4.78, 5) is 32.4. The summed E-state index contributed by atoms with van der Waals surface area (Å²) in [5, 5.41) is 22.9. The smallest absolute Gasteiger partial charge is 0.550 e. The van der Waals surface area contributed by atoms with Gasteiger partial charge in [0.1, 0.15) is 0 Å². The molecule has 8 heteroatoms. The van der Waals surface area contributed by atoms with Crippen LogP contribution in [0.3, 0.4) is 0 Å². The number of amides is 1. The first-order valence-electron chi connectivity index (χ1n) is 4.77. The Morgan fingerprint density at radius 2 is 1.58 bits per heavy atom. The van der Waals surface area contributed by atoms with Crippen LogP contribution in [0.15, 0.2) is 30.3 Å². The van der Waals surface area contributed by atoms with Gasteiger partial charge >= 0.3 is 59.1 Å². The molecule has 1 aromatic carbocycles. The summed E-state index contributed by atoms with van der Waals surface area (Å²) in [7, 11) is 0. The molecule has 0 radical (unpaired) electrons. The number of carbonyl (C=O) groups is 3. The van der Waals surface area contributed by atoms with E-state index in [1.54, 1.807) is 18.2 Å². The van der Waals surface area contributed by atoms with Crippen molar-refractivity contribution in [3.8, 4) is 0 Å². The predicted octanol–water partition coefficient (Wildman–Crippen LogP) is -8.32. The van der Waals surface area contributed by atoms with Crippen molar-refractivity contribution in [1.82, 2.24) is 5.32 Å². The van der Waals surface area contributed by atoms with E-state index in [2.05, 4.69) is 0 Å². The average Bonchev–Trinajstić information content (AvgIpc) is 2.28. The Bertz CT molecular complexity index is 438. The number of carbonyl (C=O) groups excluding carboxylic acids is 3. The molecular formula is C11H9NNa2O5. The molecule has 1 N–H and O–H groups in total. The summed E-state index contributed by atoms with van der Waals surface area (Å²) in [5.41, 5.74) is 0.233. The average molecular weight is 281 g/mol. The zero-order chi connectivity index (χ0) is 12.8. The van der Waals surface area contributed by atoms with Gasteiger partial charge in [0.2, 0.25) is 0 Å². The third kappa shape index (κ3) is 7.71. The minimum absolute atomic E-state index is 0. The molecule has 0 unspecified atom stereocenters. The van der Waals surface area contributed by atoms with Crippen LogP contribution in [0.5, 0.6) is 0 Å². The fraction of sp³-hybridized carbons (Fsp3) is 0.182. The molecule has 0 bridgehead atoms. The molecule has 0 saturated carbocycles. The van der Waals surface area contributed by atoms with Crippen LogP contribution in [0.25, 0.3) is 0 Å². The van der Waals surface area contributed by atoms with Gasteiger partial charge in [0.25, 0.3) is 5.91 Å². The van der Waals surface area contributed by atoms with E-state index in [9.17, 15) is 24.6 Å². The molecule has 90 valence electrons. The molecule has 1 amide bonds. The summed E-state index contributed by atoms with van der Waals surface area (Å²) in [6, 6.07) is 6.23. The van der Waals surface area contributed by atoms with Crippen molar-refractivity contribution in [2.45, 2.75) is 12.5 Å². The molecule has 1 rings (SSSR count). The van der Waals surface area contributed by atoms with Crippen molar-refractivity contribution in [2.75, 3.05) is 0 Å². The van der Waals surface area contributed by atoms with Gasteiger partial charge in [-0.05, 0) is 12.1 Å². The van der Waals surface area contributed by atoms with Crippen LogP contribution < -0.4 is 74.6 Å². The van der Waals surface area contributed by atoms with E-state index in [1.165, 1.54) is 12.1 Å². The second-order valence-corrected chi connectivity index (χ2v) is 3.29. The van der Waals surface area contributed by atoms with E-state index < -0.39 is 30.3 Å². The zero-order valence-electron chi connectivity index (χ0n) is 10.7. The SMILES string of the molecule is O=C([O-])C[C@H](NC(=O)c1ccccc1)C(=O)[O-].[Na+].[Na+]. The van der Waals surface area contributed by atoms with Gasteiger partial charge in [-0.25, -0.2) is 0 Å². The normalized spacial score (nSPS) is 10.3. The summed E-state index contributed by atoms with van der Waals surface area (Å²) in [5.74, 6) is -3.92. The summed E-state index contributed by atoms with van der Waals surface area (Å²) >= 11 is 0. The molecular weight excluding hydrogens is 272 g/mol. The first-order valence-corrected chi connectivity index (χ1v) is 4.77. The molecule has 6 nitrogen and oxygen atoms in total. The Morgan fingerprint density at radius 3 is 2.00 bits per heavy atom. The van der Waals surface area contributed by atoms with E-state index >= 15 is 0 Å². The minimum atomic E-state index is -1.67. The first-order chi connectivity index (χ1) is 8.00. The van der Waals surface area contributed by atoms with Crippen molar-refractivity contribution < 1.29 is 83.7 Å². The quantitative estimate of drug-likeness (QED) is 0.539. The van der Waals surface area contributed by atoms with Crippen LogP contribution in [-0.4, -0.2) is 23.9 Å². The van der Waals surface area contributed by atoms with Gasteiger partial charge in [-0.15, -0.1) is 0 Å². The zero-order valence-corrected chi connectivity index (χ0v) is 14.7.